The second-order valence-electron chi connectivity index (χ2n) is 5.27. The van der Waals surface area contributed by atoms with Crippen molar-refractivity contribution in [2.24, 2.45) is 0 Å². The summed E-state index contributed by atoms with van der Waals surface area (Å²) >= 11 is 5.45. The molecule has 0 radical (unpaired) electrons. The van der Waals surface area contributed by atoms with E-state index in [2.05, 4.69) is 9.97 Å². The van der Waals surface area contributed by atoms with Crippen molar-refractivity contribution in [2.75, 3.05) is 0 Å². The third-order valence-corrected chi connectivity index (χ3v) is 4.16. The van der Waals surface area contributed by atoms with Gasteiger partial charge in [0, 0.05) is 16.8 Å². The molecule has 1 heterocycles. The zero-order valence-electron chi connectivity index (χ0n) is 11.3. The first-order valence-corrected chi connectivity index (χ1v) is 7.53. The second-order valence-corrected chi connectivity index (χ2v) is 5.66. The van der Waals surface area contributed by atoms with Crippen LogP contribution in [0.25, 0.3) is 11.4 Å². The molecular weight excluding hydrogens is 271 g/mol. The van der Waals surface area contributed by atoms with Crippen LogP contribution >= 0.6 is 12.2 Å². The molecule has 2 nitrogen and oxygen atoms in total. The Morgan fingerprint density at radius 2 is 1.70 bits per heavy atom. The molecule has 3 rings (SSSR count). The first kappa shape index (κ1) is 13.4. The van der Waals surface area contributed by atoms with E-state index in [0.29, 0.717) is 4.64 Å². The van der Waals surface area contributed by atoms with Gasteiger partial charge in [-0.3, -0.25) is 0 Å². The molecular formula is C16H17FN2S. The summed E-state index contributed by atoms with van der Waals surface area (Å²) in [6.07, 6.45) is 6.95. The van der Waals surface area contributed by atoms with Crippen LogP contribution in [-0.4, -0.2) is 9.97 Å². The predicted molar refractivity (Wildman–Crippen MR) is 80.7 cm³/mol. The third-order valence-electron chi connectivity index (χ3n) is 3.83. The lowest BCUT2D eigenvalue weighted by Crippen LogP contribution is -2.06. The van der Waals surface area contributed by atoms with E-state index >= 15 is 0 Å². The van der Waals surface area contributed by atoms with Gasteiger partial charge in [-0.05, 0) is 49.9 Å². The Kier molecular flexibility index (Phi) is 3.92. The number of nitrogens with one attached hydrogen (secondary N) is 1. The Morgan fingerprint density at radius 1 is 1.00 bits per heavy atom. The van der Waals surface area contributed by atoms with Gasteiger partial charge in [0.2, 0.25) is 0 Å². The molecule has 0 saturated carbocycles. The Labute approximate surface area is 123 Å². The summed E-state index contributed by atoms with van der Waals surface area (Å²) in [5, 5.41) is 0. The number of aryl methyl sites for hydroxylation is 1. The highest BCUT2D eigenvalue weighted by Crippen LogP contribution is 2.23. The fourth-order valence-corrected chi connectivity index (χ4v) is 3.03. The zero-order valence-corrected chi connectivity index (χ0v) is 12.1. The first-order valence-electron chi connectivity index (χ1n) is 7.12. The SMILES string of the molecule is Fc1ccc(-c2nc(=S)c3c([nH]2)CCCCCC3)cc1. The van der Waals surface area contributed by atoms with Crippen molar-refractivity contribution < 1.29 is 4.39 Å². The maximum absolute atomic E-state index is 13.0. The van der Waals surface area contributed by atoms with Crippen LogP contribution in [0.15, 0.2) is 24.3 Å². The highest BCUT2D eigenvalue weighted by atomic mass is 32.1. The maximum atomic E-state index is 13.0. The Bertz CT molecular complexity index is 661. The minimum Gasteiger partial charge on any atom is -0.343 e. The lowest BCUT2D eigenvalue weighted by molar-refractivity contribution is 0.606. The Balaban J connectivity index is 2.05. The smallest absolute Gasteiger partial charge is 0.139 e. The minimum atomic E-state index is -0.237. The normalized spacial score (nSPS) is 15.2. The van der Waals surface area contributed by atoms with Crippen LogP contribution in [0, 0.1) is 10.5 Å². The molecule has 0 atom stereocenters. The van der Waals surface area contributed by atoms with Gasteiger partial charge < -0.3 is 4.98 Å². The van der Waals surface area contributed by atoms with E-state index in [0.717, 1.165) is 24.2 Å². The van der Waals surface area contributed by atoms with Crippen LogP contribution < -0.4 is 0 Å². The number of aromatic amines is 1. The van der Waals surface area contributed by atoms with E-state index in [1.165, 1.54) is 49.1 Å². The number of benzene rings is 1. The highest BCUT2D eigenvalue weighted by Gasteiger charge is 2.12. The number of aromatic nitrogens is 2. The molecule has 0 bridgehead atoms. The first-order chi connectivity index (χ1) is 9.74. The largest absolute Gasteiger partial charge is 0.343 e. The summed E-state index contributed by atoms with van der Waals surface area (Å²) in [4.78, 5) is 7.90. The number of nitrogens with zero attached hydrogens (tertiary/aromatic N) is 1. The van der Waals surface area contributed by atoms with Crippen molar-refractivity contribution in [3.8, 4) is 11.4 Å². The van der Waals surface area contributed by atoms with Crippen molar-refractivity contribution in [1.82, 2.24) is 9.97 Å². The zero-order chi connectivity index (χ0) is 13.9. The molecule has 0 unspecified atom stereocenters. The van der Waals surface area contributed by atoms with Crippen LogP contribution in [0.4, 0.5) is 4.39 Å². The van der Waals surface area contributed by atoms with Crippen molar-refractivity contribution >= 4 is 12.2 Å². The summed E-state index contributed by atoms with van der Waals surface area (Å²) in [6, 6.07) is 6.37. The topological polar surface area (TPSA) is 28.7 Å². The van der Waals surface area contributed by atoms with Gasteiger partial charge in [-0.2, -0.15) is 0 Å². The Hall–Kier alpha value is -1.55. The average molecular weight is 288 g/mol. The van der Waals surface area contributed by atoms with E-state index in [4.69, 9.17) is 12.2 Å². The van der Waals surface area contributed by atoms with Crippen LogP contribution in [0.5, 0.6) is 0 Å². The molecule has 0 amide bonds. The van der Waals surface area contributed by atoms with E-state index in [1.54, 1.807) is 12.1 Å². The molecule has 0 aliphatic heterocycles. The van der Waals surface area contributed by atoms with Crippen LogP contribution in [0.2, 0.25) is 0 Å². The molecule has 4 heteroatoms. The molecule has 1 aliphatic carbocycles. The van der Waals surface area contributed by atoms with Crippen molar-refractivity contribution in [3.05, 3.63) is 46.0 Å². The van der Waals surface area contributed by atoms with Gasteiger partial charge in [0.25, 0.3) is 0 Å². The third kappa shape index (κ3) is 2.80. The fourth-order valence-electron chi connectivity index (χ4n) is 2.72. The monoisotopic (exact) mass is 288 g/mol. The minimum absolute atomic E-state index is 0.237. The van der Waals surface area contributed by atoms with Gasteiger partial charge in [0.05, 0.1) is 0 Å². The number of fused-ring (bicyclic) bond motifs is 1. The van der Waals surface area contributed by atoms with Crippen LogP contribution in [-0.2, 0) is 12.8 Å². The van der Waals surface area contributed by atoms with Gasteiger partial charge in [-0.15, -0.1) is 0 Å². The van der Waals surface area contributed by atoms with Crippen LogP contribution in [0.1, 0.15) is 36.9 Å². The maximum Gasteiger partial charge on any atom is 0.139 e. The summed E-state index contributed by atoms with van der Waals surface area (Å²) in [6.45, 7) is 0. The fraction of sp³-hybridized carbons (Fsp3) is 0.375. The van der Waals surface area contributed by atoms with Gasteiger partial charge >= 0.3 is 0 Å². The molecule has 20 heavy (non-hydrogen) atoms. The van der Waals surface area contributed by atoms with Crippen molar-refractivity contribution in [1.29, 1.82) is 0 Å². The van der Waals surface area contributed by atoms with Gasteiger partial charge in [-0.1, -0.05) is 25.1 Å². The molecule has 104 valence electrons. The number of H-pyrrole nitrogens is 1. The van der Waals surface area contributed by atoms with E-state index < -0.39 is 0 Å². The highest BCUT2D eigenvalue weighted by molar-refractivity contribution is 7.71. The number of hydrogen-bond donors (Lipinski definition) is 1. The molecule has 1 aliphatic rings. The van der Waals surface area contributed by atoms with E-state index in [1.807, 2.05) is 0 Å². The second kappa shape index (κ2) is 5.83. The molecule has 2 aromatic rings. The predicted octanol–water partition coefficient (Wildman–Crippen LogP) is 4.60. The number of rotatable bonds is 1. The van der Waals surface area contributed by atoms with Gasteiger partial charge in [0.1, 0.15) is 16.3 Å². The molecule has 1 N–H and O–H groups in total. The molecule has 1 aromatic carbocycles. The van der Waals surface area contributed by atoms with Crippen LogP contribution in [0.3, 0.4) is 0 Å². The number of hydrogen-bond acceptors (Lipinski definition) is 2. The summed E-state index contributed by atoms with van der Waals surface area (Å²) in [5.41, 5.74) is 3.29. The average Bonchev–Trinajstić information content (AvgIpc) is 2.41. The van der Waals surface area contributed by atoms with Crippen molar-refractivity contribution in [2.45, 2.75) is 38.5 Å². The standard InChI is InChI=1S/C16H17FN2S/c17-12-9-7-11(8-10-12)15-18-14-6-4-2-1-3-5-13(14)16(20)19-15/h7-10H,1-6H2,(H,18,19,20). The lowest BCUT2D eigenvalue weighted by Gasteiger charge is -2.15. The number of halogens is 1. The molecule has 0 saturated heterocycles. The van der Waals surface area contributed by atoms with E-state index in [-0.39, 0.29) is 5.82 Å². The van der Waals surface area contributed by atoms with Gasteiger partial charge in [0.15, 0.2) is 0 Å². The quantitative estimate of drug-likeness (QED) is 0.777. The van der Waals surface area contributed by atoms with Gasteiger partial charge in [-0.25, -0.2) is 9.37 Å². The molecule has 0 fully saturated rings. The molecule has 1 aromatic heterocycles. The summed E-state index contributed by atoms with van der Waals surface area (Å²) in [5.74, 6) is 0.507. The van der Waals surface area contributed by atoms with E-state index in [9.17, 15) is 4.39 Å². The summed E-state index contributed by atoms with van der Waals surface area (Å²) < 4.78 is 13.7. The molecule has 0 spiro atoms. The Morgan fingerprint density at radius 3 is 2.45 bits per heavy atom. The summed E-state index contributed by atoms with van der Waals surface area (Å²) in [7, 11) is 0. The van der Waals surface area contributed by atoms with Crippen molar-refractivity contribution in [3.63, 3.8) is 0 Å². The lowest BCUT2D eigenvalue weighted by atomic mass is 9.98.